The summed E-state index contributed by atoms with van der Waals surface area (Å²) in [5, 5.41) is 11.1. The number of carbonyl (C=O) groups excluding carboxylic acids is 2. The number of nitrogens with zero attached hydrogens (tertiary/aromatic N) is 1. The van der Waals surface area contributed by atoms with Crippen LogP contribution < -0.4 is 19.2 Å². The predicted molar refractivity (Wildman–Crippen MR) is 144 cm³/mol. The summed E-state index contributed by atoms with van der Waals surface area (Å²) in [6.07, 6.45) is -4.00. The second kappa shape index (κ2) is 9.02. The number of hydrogen-bond acceptors (Lipinski definition) is 8. The van der Waals surface area contributed by atoms with Gasteiger partial charge in [0.25, 0.3) is 0 Å². The van der Waals surface area contributed by atoms with E-state index >= 15 is 0 Å². The Morgan fingerprint density at radius 3 is 2.29 bits per heavy atom. The molecule has 0 unspecified atom stereocenters. The molecule has 41 heavy (non-hydrogen) atoms. The van der Waals surface area contributed by atoms with Crippen LogP contribution in [0.3, 0.4) is 0 Å². The highest BCUT2D eigenvalue weighted by Crippen LogP contribution is 2.69. The third-order valence-corrected chi connectivity index (χ3v) is 11.6. The number of anilines is 1. The van der Waals surface area contributed by atoms with E-state index in [-0.39, 0.29) is 56.7 Å². The molecule has 0 radical (unpaired) electrons. The number of halogens is 3. The van der Waals surface area contributed by atoms with Crippen molar-refractivity contribution in [3.63, 3.8) is 0 Å². The number of nitrogens with one attached hydrogen (secondary N) is 1. The number of amides is 2. The van der Waals surface area contributed by atoms with Crippen molar-refractivity contribution in [2.45, 2.75) is 28.8 Å². The molecule has 1 saturated heterocycles. The molecule has 7 atom stereocenters. The van der Waals surface area contributed by atoms with Crippen molar-refractivity contribution < 1.29 is 37.3 Å². The van der Waals surface area contributed by atoms with E-state index in [1.54, 1.807) is 12.1 Å². The van der Waals surface area contributed by atoms with Gasteiger partial charge in [-0.2, -0.15) is 13.2 Å². The van der Waals surface area contributed by atoms with Crippen molar-refractivity contribution in [3.05, 3.63) is 62.1 Å². The number of aromatic nitrogens is 1. The first kappa shape index (κ1) is 26.4. The first-order valence-electron chi connectivity index (χ1n) is 12.9. The number of aromatic amines is 1. The van der Waals surface area contributed by atoms with Gasteiger partial charge in [0.15, 0.2) is 11.5 Å². The van der Waals surface area contributed by atoms with Crippen molar-refractivity contribution in [3.8, 4) is 17.2 Å². The molecule has 3 heterocycles. The highest BCUT2D eigenvalue weighted by Gasteiger charge is 2.69. The highest BCUT2D eigenvalue weighted by molar-refractivity contribution is 8.00. The summed E-state index contributed by atoms with van der Waals surface area (Å²) in [6.45, 7) is 0. The van der Waals surface area contributed by atoms with E-state index in [0.29, 0.717) is 11.4 Å². The summed E-state index contributed by atoms with van der Waals surface area (Å²) in [6, 6.07) is 7.71. The van der Waals surface area contributed by atoms with Crippen LogP contribution >= 0.6 is 23.1 Å². The first-order chi connectivity index (χ1) is 19.5. The summed E-state index contributed by atoms with van der Waals surface area (Å²) in [4.78, 5) is 44.5. The lowest BCUT2D eigenvalue weighted by molar-refractivity contribution is -0.137. The minimum Gasteiger partial charge on any atom is -0.502 e. The zero-order valence-corrected chi connectivity index (χ0v) is 23.2. The summed E-state index contributed by atoms with van der Waals surface area (Å²) in [7, 11) is 2.84. The largest absolute Gasteiger partial charge is 0.502 e. The average Bonchev–Trinajstić information content (AvgIpc) is 3.67. The molecule has 2 aliphatic heterocycles. The molecule has 3 aromatic rings. The number of benzene rings is 2. The lowest BCUT2D eigenvalue weighted by atomic mass is 9.68. The first-order valence-corrected chi connectivity index (χ1v) is 14.6. The van der Waals surface area contributed by atoms with Gasteiger partial charge in [0, 0.05) is 16.0 Å². The molecule has 2 aliphatic carbocycles. The molecule has 2 amide bonds. The van der Waals surface area contributed by atoms with E-state index in [9.17, 15) is 32.7 Å². The number of methoxy groups -OCH3 is 2. The van der Waals surface area contributed by atoms with E-state index in [1.807, 2.05) is 0 Å². The van der Waals surface area contributed by atoms with E-state index < -0.39 is 35.4 Å². The number of phenols is 1. The molecule has 2 bridgehead atoms. The molecule has 7 rings (SSSR count). The maximum absolute atomic E-state index is 13.9. The fourth-order valence-corrected chi connectivity index (χ4v) is 10.4. The van der Waals surface area contributed by atoms with Crippen molar-refractivity contribution in [2.24, 2.45) is 29.6 Å². The molecule has 0 spiro atoms. The fraction of sp³-hybridized carbons (Fsp3) is 0.393. The van der Waals surface area contributed by atoms with Gasteiger partial charge >= 0.3 is 11.0 Å². The SMILES string of the molecule is COc1cc([C@@H]2c3sc(=O)[nH]c3S[C@@H]3[C@@H]4C[C@@H]([C@@H]5C(=O)N(c6cccc(C(F)(F)F)c6)C(=O)[C@@H]45)[C@@H]23)cc(OC)c1O. The Hall–Kier alpha value is -3.45. The predicted octanol–water partition coefficient (Wildman–Crippen LogP) is 4.86. The Balaban J connectivity index is 1.32. The van der Waals surface area contributed by atoms with E-state index in [0.717, 1.165) is 38.8 Å². The van der Waals surface area contributed by atoms with Gasteiger partial charge in [-0.3, -0.25) is 19.3 Å². The number of H-pyrrole nitrogens is 1. The van der Waals surface area contributed by atoms with Crippen molar-refractivity contribution >= 4 is 40.6 Å². The molecule has 2 aromatic carbocycles. The monoisotopic (exact) mass is 604 g/mol. The van der Waals surface area contributed by atoms with Gasteiger partial charge in [0.05, 0.1) is 42.3 Å². The number of ether oxygens (including phenoxy) is 2. The van der Waals surface area contributed by atoms with E-state index in [2.05, 4.69) is 4.98 Å². The Morgan fingerprint density at radius 2 is 1.66 bits per heavy atom. The number of alkyl halides is 3. The molecule has 8 nitrogen and oxygen atoms in total. The topological polar surface area (TPSA) is 109 Å². The Kier molecular flexibility index (Phi) is 5.82. The van der Waals surface area contributed by atoms with Gasteiger partial charge in [-0.15, -0.1) is 11.8 Å². The average molecular weight is 605 g/mol. The van der Waals surface area contributed by atoms with Crippen LogP contribution in [0.2, 0.25) is 0 Å². The second-order valence-electron chi connectivity index (χ2n) is 10.8. The standard InChI is InChI=1S/C28H23F3N2O6S2/c1-38-15-6-10(7-16(39-2)21(15)34)17-18-13-9-14(22(18)40-24-23(17)41-27(37)32-24)20-19(13)25(35)33(26(20)36)12-5-3-4-11(8-12)28(29,30)31/h3-8,13-14,17-20,22,34H,9H2,1-2H3,(H,32,37)/t13-,14-,17+,18+,19+,20+,22-/m1/s1. The van der Waals surface area contributed by atoms with Crippen LogP contribution in [0.5, 0.6) is 17.2 Å². The molecule has 214 valence electrons. The molecule has 2 saturated carbocycles. The number of fused-ring (bicyclic) bond motifs is 9. The highest BCUT2D eigenvalue weighted by atomic mass is 32.2. The quantitative estimate of drug-likeness (QED) is 0.410. The zero-order valence-electron chi connectivity index (χ0n) is 21.6. The van der Waals surface area contributed by atoms with E-state index in [1.165, 1.54) is 38.1 Å². The van der Waals surface area contributed by atoms with Crippen LogP contribution in [0.15, 0.2) is 46.2 Å². The van der Waals surface area contributed by atoms with Crippen molar-refractivity contribution in [1.29, 1.82) is 0 Å². The molecule has 13 heteroatoms. The van der Waals surface area contributed by atoms with E-state index in [4.69, 9.17) is 9.47 Å². The normalized spacial score (nSPS) is 29.9. The number of hydrogen-bond donors (Lipinski definition) is 2. The Bertz CT molecular complexity index is 1640. The number of imide groups is 1. The van der Waals surface area contributed by atoms with Gasteiger partial charge in [-0.05, 0) is 60.1 Å². The van der Waals surface area contributed by atoms with Crippen LogP contribution in [-0.4, -0.2) is 41.4 Å². The van der Waals surface area contributed by atoms with Gasteiger partial charge < -0.3 is 19.6 Å². The third kappa shape index (κ3) is 3.70. The maximum atomic E-state index is 13.9. The second-order valence-corrected chi connectivity index (χ2v) is 13.0. The maximum Gasteiger partial charge on any atom is 0.416 e. The summed E-state index contributed by atoms with van der Waals surface area (Å²) < 4.78 is 51.1. The minimum absolute atomic E-state index is 0.0766. The molecular formula is C28H23F3N2O6S2. The third-order valence-electron chi connectivity index (χ3n) is 9.02. The number of thiazole rings is 1. The van der Waals surface area contributed by atoms with Crippen LogP contribution in [0.1, 0.15) is 28.3 Å². The van der Waals surface area contributed by atoms with Crippen LogP contribution in [-0.2, 0) is 15.8 Å². The molecule has 1 aromatic heterocycles. The van der Waals surface area contributed by atoms with Crippen molar-refractivity contribution in [2.75, 3.05) is 19.1 Å². The smallest absolute Gasteiger partial charge is 0.416 e. The number of carbonyl (C=O) groups is 2. The summed E-state index contributed by atoms with van der Waals surface area (Å²) in [5.74, 6) is -3.00. The molecule has 4 aliphatic rings. The molecular weight excluding hydrogens is 581 g/mol. The van der Waals surface area contributed by atoms with Gasteiger partial charge in [0.1, 0.15) is 0 Å². The van der Waals surface area contributed by atoms with Gasteiger partial charge in [-0.1, -0.05) is 17.4 Å². The minimum atomic E-state index is -4.61. The summed E-state index contributed by atoms with van der Waals surface area (Å²) in [5.41, 5.74) is -0.269. The number of rotatable bonds is 4. The zero-order chi connectivity index (χ0) is 29.0. The summed E-state index contributed by atoms with van der Waals surface area (Å²) >= 11 is 2.58. The molecule has 2 N–H and O–H groups in total. The number of phenolic OH excluding ortho intramolecular Hbond substituents is 1. The van der Waals surface area contributed by atoms with Crippen LogP contribution in [0.4, 0.5) is 18.9 Å². The van der Waals surface area contributed by atoms with Crippen molar-refractivity contribution in [1.82, 2.24) is 4.98 Å². The number of thioether (sulfide) groups is 1. The van der Waals surface area contributed by atoms with Gasteiger partial charge in [-0.25, -0.2) is 0 Å². The Morgan fingerprint density at radius 1 is 1.00 bits per heavy atom. The van der Waals surface area contributed by atoms with Crippen LogP contribution in [0, 0.1) is 29.6 Å². The lowest BCUT2D eigenvalue weighted by Gasteiger charge is -2.43. The lowest BCUT2D eigenvalue weighted by Crippen LogP contribution is -2.42. The van der Waals surface area contributed by atoms with Gasteiger partial charge in [0.2, 0.25) is 17.6 Å². The molecule has 3 fully saturated rings. The number of aromatic hydroxyl groups is 1. The fourth-order valence-electron chi connectivity index (χ4n) is 7.56. The Labute approximate surface area is 239 Å². The van der Waals surface area contributed by atoms with Crippen LogP contribution in [0.25, 0.3) is 0 Å².